The van der Waals surface area contributed by atoms with E-state index in [1.54, 1.807) is 0 Å². The van der Waals surface area contributed by atoms with Gasteiger partial charge in [-0.2, -0.15) is 0 Å². The van der Waals surface area contributed by atoms with Crippen molar-refractivity contribution in [2.24, 2.45) is 0 Å². The van der Waals surface area contributed by atoms with Crippen molar-refractivity contribution in [3.63, 3.8) is 0 Å². The summed E-state index contributed by atoms with van der Waals surface area (Å²) in [5.41, 5.74) is 0. The molecule has 0 amide bonds. The topological polar surface area (TPSA) is 0 Å². The molecule has 0 saturated heterocycles. The van der Waals surface area contributed by atoms with E-state index in [4.69, 9.17) is 0 Å². The van der Waals surface area contributed by atoms with E-state index in [0.717, 1.165) is 0 Å². The number of hydrogen-bond donors (Lipinski definition) is 0. The van der Waals surface area contributed by atoms with Crippen molar-refractivity contribution in [1.82, 2.24) is 0 Å². The third-order valence-electron chi connectivity index (χ3n) is 0. The maximum Gasteiger partial charge on any atom is 2.00 e. The summed E-state index contributed by atoms with van der Waals surface area (Å²) >= 11 is 0. The third-order valence-corrected chi connectivity index (χ3v) is 0. The molecule has 5 heteroatoms. The second kappa shape index (κ2) is 30.1. The minimum Gasteiger partial charge on any atom is -1.00 e. The molecule has 5 heavy (non-hydrogen) atoms. The summed E-state index contributed by atoms with van der Waals surface area (Å²) in [6.07, 6.45) is 0. The van der Waals surface area contributed by atoms with Crippen LogP contribution >= 0.6 is 0 Å². The zero-order valence-electron chi connectivity index (χ0n) is 4.75. The molecule has 0 aromatic rings. The molecule has 0 atom stereocenters. The van der Waals surface area contributed by atoms with Crippen LogP contribution in [0.4, 0.5) is 0 Å². The van der Waals surface area contributed by atoms with Gasteiger partial charge in [-0.25, -0.2) is 0 Å². The molecular weight excluding hydrogens is 252 g/mol. The van der Waals surface area contributed by atoms with E-state index in [0.29, 0.717) is 0 Å². The molecule has 23 valence electrons. The van der Waals surface area contributed by atoms with Crippen LogP contribution in [0.3, 0.4) is 0 Å². The normalized spacial score (nSPS) is 0. The zero-order valence-corrected chi connectivity index (χ0v) is 10.2. The Hall–Kier alpha value is 2.66. The van der Waals surface area contributed by atoms with Crippen LogP contribution in [0.25, 0.3) is 0 Å². The summed E-state index contributed by atoms with van der Waals surface area (Å²) in [6, 6.07) is 0. The third kappa shape index (κ3) is 20.4. The fourth-order valence-electron chi connectivity index (χ4n) is 0. The molecule has 0 N–H and O–H groups in total. The summed E-state index contributed by atoms with van der Waals surface area (Å²) < 4.78 is 0. The fourth-order valence-corrected chi connectivity index (χ4v) is 0. The van der Waals surface area contributed by atoms with Gasteiger partial charge < -0.3 is 2.85 Å². The average molecular weight is 254 g/mol. The van der Waals surface area contributed by atoms with E-state index in [1.807, 2.05) is 0 Å². The van der Waals surface area contributed by atoms with Gasteiger partial charge in [0.1, 0.15) is 0 Å². The first kappa shape index (κ1) is 48.0. The largest absolute Gasteiger partial charge is 2.00 e. The smallest absolute Gasteiger partial charge is 1.00 e. The summed E-state index contributed by atoms with van der Waals surface area (Å²) in [5.74, 6) is 0. The number of rotatable bonds is 0. The van der Waals surface area contributed by atoms with Crippen LogP contribution in [0, 0.1) is 0 Å². The van der Waals surface area contributed by atoms with Crippen LogP contribution in [0.1, 0.15) is 2.85 Å². The molecule has 0 heterocycles. The maximum absolute atomic E-state index is 0. The fraction of sp³-hybridized carbons (Fsp3) is 0. The molecule has 0 nitrogen and oxygen atoms in total. The van der Waals surface area contributed by atoms with Crippen LogP contribution in [0.15, 0.2) is 0 Å². The first-order valence-corrected chi connectivity index (χ1v) is 0. The predicted octanol–water partition coefficient (Wildman–Crippen LogP) is -0.544. The first-order valence-electron chi connectivity index (χ1n) is 0. The van der Waals surface area contributed by atoms with Crippen LogP contribution < -0.4 is 0 Å². The molecule has 0 spiro atoms. The molecular formula is H2BFeMgMoZn. The van der Waals surface area contributed by atoms with E-state index in [9.17, 15) is 0 Å². The van der Waals surface area contributed by atoms with Crippen molar-refractivity contribution in [2.45, 2.75) is 0 Å². The zero-order chi connectivity index (χ0) is 0. The monoisotopic (exact) mass is 255 g/mol. The van der Waals surface area contributed by atoms with E-state index in [1.165, 1.54) is 0 Å². The molecule has 0 aromatic carbocycles. The Morgan fingerprint density at radius 1 is 1.20 bits per heavy atom. The quantitative estimate of drug-likeness (QED) is 0.509. The van der Waals surface area contributed by atoms with Gasteiger partial charge in [0.05, 0.1) is 0 Å². The van der Waals surface area contributed by atoms with Crippen LogP contribution in [-0.4, -0.2) is 31.5 Å². The molecule has 0 aliphatic heterocycles. The number of hydrogen-bond acceptors (Lipinski definition) is 0. The van der Waals surface area contributed by atoms with Crippen molar-refractivity contribution in [3.8, 4) is 0 Å². The molecule has 0 unspecified atom stereocenters. The van der Waals surface area contributed by atoms with Crippen LogP contribution in [0.5, 0.6) is 0 Å². The minimum absolute atomic E-state index is 0. The standard InChI is InChI=1S/B.Fe.Mg.Mo.Zn.2H/q;;+2;;;2*-1. The Balaban J connectivity index is 0. The summed E-state index contributed by atoms with van der Waals surface area (Å²) in [7, 11) is 0. The Bertz CT molecular complexity index is 17.7. The van der Waals surface area contributed by atoms with Crippen LogP contribution in [0.2, 0.25) is 0 Å². The molecule has 0 aromatic heterocycles. The summed E-state index contributed by atoms with van der Waals surface area (Å²) in [5, 5.41) is 0. The van der Waals surface area contributed by atoms with E-state index < -0.39 is 0 Å². The molecule has 3 radical (unpaired) electrons. The molecule has 0 aliphatic carbocycles. The molecule has 0 saturated carbocycles. The summed E-state index contributed by atoms with van der Waals surface area (Å²) in [4.78, 5) is 0. The van der Waals surface area contributed by atoms with Gasteiger partial charge in [0, 0.05) is 66.0 Å². The van der Waals surface area contributed by atoms with E-state index in [2.05, 4.69) is 0 Å². The van der Waals surface area contributed by atoms with Gasteiger partial charge in [-0.1, -0.05) is 0 Å². The Morgan fingerprint density at radius 2 is 1.20 bits per heavy atom. The summed E-state index contributed by atoms with van der Waals surface area (Å²) in [6.45, 7) is 0. The van der Waals surface area contributed by atoms with Gasteiger partial charge in [0.25, 0.3) is 0 Å². The van der Waals surface area contributed by atoms with Gasteiger partial charge in [-0.3, -0.25) is 0 Å². The Morgan fingerprint density at radius 3 is 1.20 bits per heavy atom. The van der Waals surface area contributed by atoms with Gasteiger partial charge >= 0.3 is 23.1 Å². The van der Waals surface area contributed by atoms with E-state index >= 15 is 0 Å². The van der Waals surface area contributed by atoms with Gasteiger partial charge in [0.15, 0.2) is 0 Å². The van der Waals surface area contributed by atoms with Crippen molar-refractivity contribution in [2.75, 3.05) is 0 Å². The SMILES string of the molecule is [B].[Fe].[H-].[H-].[Mg+2].[Mo].[Zn]. The van der Waals surface area contributed by atoms with Crippen molar-refractivity contribution in [3.05, 3.63) is 0 Å². The molecule has 0 fully saturated rings. The van der Waals surface area contributed by atoms with Gasteiger partial charge in [-0.05, 0) is 0 Å². The molecule has 0 aliphatic rings. The first-order chi connectivity index (χ1) is 0. The average Bonchev–Trinajstić information content (AvgIpc) is 0. The molecule has 0 bridgehead atoms. The van der Waals surface area contributed by atoms with Crippen LogP contribution in [-0.2, 0) is 57.6 Å². The minimum atomic E-state index is 0. The van der Waals surface area contributed by atoms with E-state index in [-0.39, 0.29) is 91.9 Å². The predicted molar refractivity (Wildman–Crippen MR) is 13.7 cm³/mol. The van der Waals surface area contributed by atoms with Crippen molar-refractivity contribution in [1.29, 1.82) is 0 Å². The second-order valence-electron chi connectivity index (χ2n) is 0. The van der Waals surface area contributed by atoms with Crippen molar-refractivity contribution < 1.29 is 60.5 Å². The van der Waals surface area contributed by atoms with Gasteiger partial charge in [-0.15, -0.1) is 0 Å². The Kier molecular flexibility index (Phi) is 289. The van der Waals surface area contributed by atoms with Gasteiger partial charge in [0.2, 0.25) is 0 Å². The second-order valence-corrected chi connectivity index (χ2v) is 0. The maximum atomic E-state index is 0. The van der Waals surface area contributed by atoms with Crippen molar-refractivity contribution >= 4 is 31.5 Å². The Labute approximate surface area is 90.8 Å². The molecule has 0 rings (SSSR count).